The normalized spacial score (nSPS) is 10.5. The molecule has 166 valence electrons. The van der Waals surface area contributed by atoms with E-state index in [1.807, 2.05) is 54.3 Å². The van der Waals surface area contributed by atoms with Crippen molar-refractivity contribution >= 4 is 11.9 Å². The maximum absolute atomic E-state index is 12.6. The highest BCUT2D eigenvalue weighted by atomic mass is 16.5. The second kappa shape index (κ2) is 11.6. The number of hydrogen-bond donors (Lipinski definition) is 1. The average molecular weight is 433 g/mol. The Kier molecular flexibility index (Phi) is 8.37. The topological polar surface area (TPSA) is 79.7 Å². The zero-order valence-corrected chi connectivity index (χ0v) is 18.2. The van der Waals surface area contributed by atoms with Gasteiger partial charge in [0.25, 0.3) is 0 Å². The number of carboxylic acids is 1. The molecule has 0 atom stereocenters. The van der Waals surface area contributed by atoms with Crippen molar-refractivity contribution in [1.82, 2.24) is 9.88 Å². The maximum atomic E-state index is 12.6. The number of nitrogens with zero attached hydrogens (tertiary/aromatic N) is 2. The molecule has 2 aromatic carbocycles. The number of aromatic nitrogens is 1. The first-order valence-corrected chi connectivity index (χ1v) is 10.8. The van der Waals surface area contributed by atoms with E-state index in [1.54, 1.807) is 30.5 Å². The van der Waals surface area contributed by atoms with Crippen LogP contribution in [0.2, 0.25) is 0 Å². The molecule has 0 saturated carbocycles. The smallest absolute Gasteiger partial charge is 0.336 e. The third kappa shape index (κ3) is 6.67. The predicted octanol–water partition coefficient (Wildman–Crippen LogP) is 4.38. The molecule has 0 spiro atoms. The van der Waals surface area contributed by atoms with Crippen molar-refractivity contribution in [2.75, 3.05) is 13.1 Å². The first kappa shape index (κ1) is 23.0. The molecule has 32 heavy (non-hydrogen) atoms. The van der Waals surface area contributed by atoms with Gasteiger partial charge in [0.1, 0.15) is 12.4 Å². The summed E-state index contributed by atoms with van der Waals surface area (Å²) in [5.41, 5.74) is 2.91. The van der Waals surface area contributed by atoms with Crippen LogP contribution in [-0.2, 0) is 24.2 Å². The summed E-state index contributed by atoms with van der Waals surface area (Å²) in [6, 6.07) is 20.2. The van der Waals surface area contributed by atoms with Gasteiger partial charge in [-0.25, -0.2) is 4.79 Å². The Bertz CT molecular complexity index is 1020. The van der Waals surface area contributed by atoms with Crippen molar-refractivity contribution in [1.29, 1.82) is 0 Å². The van der Waals surface area contributed by atoms with Crippen molar-refractivity contribution in [2.45, 2.75) is 32.8 Å². The number of ether oxygens (including phenoxy) is 1. The molecule has 3 rings (SSSR count). The summed E-state index contributed by atoms with van der Waals surface area (Å²) in [6.07, 6.45) is 3.62. The van der Waals surface area contributed by atoms with Gasteiger partial charge in [-0.3, -0.25) is 9.78 Å². The van der Waals surface area contributed by atoms with Crippen molar-refractivity contribution in [3.05, 3.63) is 95.3 Å². The zero-order valence-electron chi connectivity index (χ0n) is 18.2. The Morgan fingerprint density at radius 3 is 2.41 bits per heavy atom. The highest BCUT2D eigenvalue weighted by Crippen LogP contribution is 2.17. The summed E-state index contributed by atoms with van der Waals surface area (Å²) in [5.74, 6) is -0.176. The summed E-state index contributed by atoms with van der Waals surface area (Å²) in [7, 11) is 0. The lowest BCUT2D eigenvalue weighted by Gasteiger charge is -2.20. The number of carbonyl (C=O) groups excluding carboxylic acids is 1. The minimum absolute atomic E-state index is 0.133. The summed E-state index contributed by atoms with van der Waals surface area (Å²) < 4.78 is 5.75. The average Bonchev–Trinajstić information content (AvgIpc) is 2.83. The fourth-order valence-electron chi connectivity index (χ4n) is 3.43. The second-order valence-electron chi connectivity index (χ2n) is 7.44. The van der Waals surface area contributed by atoms with Gasteiger partial charge in [0.2, 0.25) is 5.91 Å². The van der Waals surface area contributed by atoms with E-state index in [9.17, 15) is 14.7 Å². The lowest BCUT2D eigenvalue weighted by Crippen LogP contribution is -2.33. The predicted molar refractivity (Wildman–Crippen MR) is 123 cm³/mol. The number of carbonyl (C=O) groups is 2. The molecule has 0 radical (unpaired) electrons. The third-order valence-electron chi connectivity index (χ3n) is 5.29. The molecule has 0 bridgehead atoms. The zero-order chi connectivity index (χ0) is 22.8. The first-order valence-electron chi connectivity index (χ1n) is 10.8. The molecular weight excluding hydrogens is 404 g/mol. The SMILES string of the molecule is CCN(CCc1ccccn1)C(=O)CCc1ccc(OCc2ccccc2C(=O)O)cc1. The van der Waals surface area contributed by atoms with Gasteiger partial charge in [0.05, 0.1) is 5.56 Å². The molecule has 0 aliphatic heterocycles. The van der Waals surface area contributed by atoms with Crippen LogP contribution in [0.3, 0.4) is 0 Å². The van der Waals surface area contributed by atoms with Gasteiger partial charge in [-0.15, -0.1) is 0 Å². The maximum Gasteiger partial charge on any atom is 0.336 e. The molecule has 0 unspecified atom stereocenters. The van der Waals surface area contributed by atoms with Crippen LogP contribution in [0, 0.1) is 0 Å². The van der Waals surface area contributed by atoms with Gasteiger partial charge in [0, 0.05) is 43.4 Å². The van der Waals surface area contributed by atoms with Crippen LogP contribution in [0.25, 0.3) is 0 Å². The summed E-state index contributed by atoms with van der Waals surface area (Å²) in [6.45, 7) is 3.51. The second-order valence-corrected chi connectivity index (χ2v) is 7.44. The molecular formula is C26H28N2O4. The Balaban J connectivity index is 1.47. The molecule has 1 N–H and O–H groups in total. The fourth-order valence-corrected chi connectivity index (χ4v) is 3.43. The number of likely N-dealkylation sites (N-methyl/N-ethyl adjacent to an activating group) is 1. The summed E-state index contributed by atoms with van der Waals surface area (Å²) in [5, 5.41) is 9.26. The van der Waals surface area contributed by atoms with Gasteiger partial charge in [-0.2, -0.15) is 0 Å². The monoisotopic (exact) mass is 432 g/mol. The molecule has 0 saturated heterocycles. The van der Waals surface area contributed by atoms with Crippen molar-refractivity contribution in [3.8, 4) is 5.75 Å². The Morgan fingerprint density at radius 2 is 1.72 bits per heavy atom. The van der Waals surface area contributed by atoms with Crippen LogP contribution in [0.1, 0.15) is 40.5 Å². The Labute approximate surface area is 188 Å². The number of amides is 1. The Morgan fingerprint density at radius 1 is 0.969 bits per heavy atom. The number of pyridine rings is 1. The number of aromatic carboxylic acids is 1. The van der Waals surface area contributed by atoms with Crippen LogP contribution in [0.4, 0.5) is 0 Å². The third-order valence-corrected chi connectivity index (χ3v) is 5.29. The lowest BCUT2D eigenvalue weighted by atomic mass is 10.1. The van der Waals surface area contributed by atoms with E-state index in [0.717, 1.165) is 17.7 Å². The molecule has 1 amide bonds. The molecule has 0 aliphatic carbocycles. The molecule has 1 aromatic heterocycles. The van der Waals surface area contributed by atoms with Crippen LogP contribution >= 0.6 is 0 Å². The molecule has 1 heterocycles. The lowest BCUT2D eigenvalue weighted by molar-refractivity contribution is -0.130. The first-order chi connectivity index (χ1) is 15.6. The van der Waals surface area contributed by atoms with Gasteiger partial charge in [-0.05, 0) is 49.2 Å². The molecule has 0 fully saturated rings. The highest BCUT2D eigenvalue weighted by molar-refractivity contribution is 5.89. The number of aryl methyl sites for hydroxylation is 1. The van der Waals surface area contributed by atoms with E-state index in [4.69, 9.17) is 4.74 Å². The van der Waals surface area contributed by atoms with Gasteiger partial charge >= 0.3 is 5.97 Å². The fraction of sp³-hybridized carbons (Fsp3) is 0.269. The van der Waals surface area contributed by atoms with E-state index in [1.165, 1.54) is 0 Å². The number of carboxylic acid groups (broad SMARTS) is 1. The molecule has 6 nitrogen and oxygen atoms in total. The van der Waals surface area contributed by atoms with Crippen LogP contribution < -0.4 is 4.74 Å². The Hall–Kier alpha value is -3.67. The van der Waals surface area contributed by atoms with Crippen LogP contribution in [-0.4, -0.2) is 40.0 Å². The number of hydrogen-bond acceptors (Lipinski definition) is 4. The van der Waals surface area contributed by atoms with Crippen LogP contribution in [0.15, 0.2) is 72.9 Å². The van der Waals surface area contributed by atoms with Crippen LogP contribution in [0.5, 0.6) is 5.75 Å². The van der Waals surface area contributed by atoms with Crippen molar-refractivity contribution in [2.24, 2.45) is 0 Å². The minimum Gasteiger partial charge on any atom is -0.489 e. The van der Waals surface area contributed by atoms with E-state index in [-0.39, 0.29) is 18.1 Å². The van der Waals surface area contributed by atoms with Gasteiger partial charge < -0.3 is 14.7 Å². The molecule has 6 heteroatoms. The van der Waals surface area contributed by atoms with E-state index >= 15 is 0 Å². The number of rotatable bonds is 11. The summed E-state index contributed by atoms with van der Waals surface area (Å²) in [4.78, 5) is 30.1. The van der Waals surface area contributed by atoms with E-state index in [0.29, 0.717) is 37.2 Å². The largest absolute Gasteiger partial charge is 0.489 e. The van der Waals surface area contributed by atoms with Gasteiger partial charge in [0.15, 0.2) is 0 Å². The van der Waals surface area contributed by atoms with Crippen molar-refractivity contribution in [3.63, 3.8) is 0 Å². The van der Waals surface area contributed by atoms with Crippen molar-refractivity contribution < 1.29 is 19.4 Å². The highest BCUT2D eigenvalue weighted by Gasteiger charge is 2.12. The molecule has 0 aliphatic rings. The number of benzene rings is 2. The van der Waals surface area contributed by atoms with E-state index < -0.39 is 5.97 Å². The molecule has 3 aromatic rings. The standard InChI is InChI=1S/C26H28N2O4/c1-2-28(18-16-22-8-5-6-17-27-22)25(29)15-12-20-10-13-23(14-11-20)32-19-21-7-3-4-9-24(21)26(30)31/h3-11,13-14,17H,2,12,15-16,18-19H2,1H3,(H,30,31). The summed E-state index contributed by atoms with van der Waals surface area (Å²) >= 11 is 0. The van der Waals surface area contributed by atoms with Gasteiger partial charge in [-0.1, -0.05) is 36.4 Å². The van der Waals surface area contributed by atoms with E-state index in [2.05, 4.69) is 4.98 Å². The minimum atomic E-state index is -0.967. The quantitative estimate of drug-likeness (QED) is 0.486.